The van der Waals surface area contributed by atoms with E-state index in [1.165, 1.54) is 24.0 Å². The van der Waals surface area contributed by atoms with Gasteiger partial charge in [0.2, 0.25) is 0 Å². The fourth-order valence-electron chi connectivity index (χ4n) is 4.63. The lowest BCUT2D eigenvalue weighted by Crippen LogP contribution is -2.37. The Bertz CT molecular complexity index is 1250. The number of unbranched alkanes of at least 4 members (excludes halogenated alkanes) is 1. The summed E-state index contributed by atoms with van der Waals surface area (Å²) in [4.78, 5) is 27.3. The average molecular weight is 545 g/mol. The molecule has 1 aliphatic rings. The summed E-state index contributed by atoms with van der Waals surface area (Å²) in [5, 5.41) is 17.5. The van der Waals surface area contributed by atoms with E-state index < -0.39 is 17.8 Å². The Morgan fingerprint density at radius 3 is 2.95 bits per heavy atom. The SMILES string of the molecule is COCCN(CCCCc1nc2c(cc1Cl)CCCN2)CC[C@H](Nc1ncnc2cc(F)ccc12)C(=O)O. The van der Waals surface area contributed by atoms with Crippen LogP contribution in [0.2, 0.25) is 5.02 Å². The highest BCUT2D eigenvalue weighted by atomic mass is 35.5. The molecule has 3 heterocycles. The van der Waals surface area contributed by atoms with Crippen molar-refractivity contribution in [2.24, 2.45) is 0 Å². The Morgan fingerprint density at radius 2 is 2.13 bits per heavy atom. The van der Waals surface area contributed by atoms with Gasteiger partial charge in [-0.25, -0.2) is 24.1 Å². The number of carboxylic acids is 1. The summed E-state index contributed by atoms with van der Waals surface area (Å²) in [6.07, 6.45) is 6.37. The highest BCUT2D eigenvalue weighted by molar-refractivity contribution is 6.31. The van der Waals surface area contributed by atoms with Crippen LogP contribution in [0.15, 0.2) is 30.6 Å². The number of nitrogens with one attached hydrogen (secondary N) is 2. The van der Waals surface area contributed by atoms with Gasteiger partial charge >= 0.3 is 5.97 Å². The number of rotatable bonds is 14. The number of aryl methyl sites for hydroxylation is 2. The van der Waals surface area contributed by atoms with E-state index >= 15 is 0 Å². The van der Waals surface area contributed by atoms with E-state index in [1.54, 1.807) is 13.2 Å². The number of anilines is 2. The predicted molar refractivity (Wildman–Crippen MR) is 146 cm³/mol. The maximum absolute atomic E-state index is 13.6. The summed E-state index contributed by atoms with van der Waals surface area (Å²) in [6.45, 7) is 3.55. The van der Waals surface area contributed by atoms with Gasteiger partial charge in [0.05, 0.1) is 22.8 Å². The monoisotopic (exact) mass is 544 g/mol. The molecule has 0 bridgehead atoms. The van der Waals surface area contributed by atoms with Crippen LogP contribution in [0.4, 0.5) is 16.0 Å². The van der Waals surface area contributed by atoms with E-state index in [-0.39, 0.29) is 0 Å². The molecule has 204 valence electrons. The lowest BCUT2D eigenvalue weighted by molar-refractivity contribution is -0.138. The normalized spacial score (nSPS) is 13.8. The van der Waals surface area contributed by atoms with Crippen LogP contribution in [0, 0.1) is 5.82 Å². The number of aliphatic carboxylic acids is 1. The first-order valence-electron chi connectivity index (χ1n) is 13.0. The largest absolute Gasteiger partial charge is 0.480 e. The maximum atomic E-state index is 13.6. The summed E-state index contributed by atoms with van der Waals surface area (Å²) in [7, 11) is 1.65. The maximum Gasteiger partial charge on any atom is 0.326 e. The molecule has 0 radical (unpaired) electrons. The van der Waals surface area contributed by atoms with Gasteiger partial charge in [-0.1, -0.05) is 11.6 Å². The van der Waals surface area contributed by atoms with Crippen molar-refractivity contribution >= 4 is 40.1 Å². The molecule has 1 atom stereocenters. The number of benzene rings is 1. The number of hydrogen-bond acceptors (Lipinski definition) is 8. The second-order valence-corrected chi connectivity index (χ2v) is 9.86. The third-order valence-electron chi connectivity index (χ3n) is 6.73. The fourth-order valence-corrected chi connectivity index (χ4v) is 4.90. The van der Waals surface area contributed by atoms with Crippen molar-refractivity contribution < 1.29 is 19.0 Å². The Balaban J connectivity index is 1.32. The highest BCUT2D eigenvalue weighted by Gasteiger charge is 2.21. The predicted octanol–water partition coefficient (Wildman–Crippen LogP) is 4.40. The molecule has 0 spiro atoms. The molecule has 11 heteroatoms. The number of carboxylic acid groups (broad SMARTS) is 1. The van der Waals surface area contributed by atoms with Crippen molar-refractivity contribution in [1.82, 2.24) is 19.9 Å². The fraction of sp³-hybridized carbons (Fsp3) is 0.481. The molecule has 1 aromatic carbocycles. The zero-order valence-corrected chi connectivity index (χ0v) is 22.3. The number of carbonyl (C=O) groups is 1. The van der Waals surface area contributed by atoms with Gasteiger partial charge in [0.25, 0.3) is 0 Å². The molecule has 3 N–H and O–H groups in total. The minimum atomic E-state index is -0.979. The van der Waals surface area contributed by atoms with Crippen LogP contribution < -0.4 is 10.6 Å². The van der Waals surface area contributed by atoms with Crippen LogP contribution in [0.3, 0.4) is 0 Å². The van der Waals surface area contributed by atoms with E-state index in [4.69, 9.17) is 21.3 Å². The van der Waals surface area contributed by atoms with Crippen molar-refractivity contribution in [3.8, 4) is 0 Å². The first kappa shape index (κ1) is 27.9. The zero-order chi connectivity index (χ0) is 26.9. The minimum Gasteiger partial charge on any atom is -0.480 e. The van der Waals surface area contributed by atoms with Gasteiger partial charge in [0.1, 0.15) is 29.8 Å². The summed E-state index contributed by atoms with van der Waals surface area (Å²) in [5.74, 6) is -0.0692. The van der Waals surface area contributed by atoms with E-state index in [9.17, 15) is 14.3 Å². The van der Waals surface area contributed by atoms with Crippen LogP contribution in [-0.2, 0) is 22.4 Å². The molecule has 0 unspecified atom stereocenters. The smallest absolute Gasteiger partial charge is 0.326 e. The molecule has 0 amide bonds. The van der Waals surface area contributed by atoms with Crippen LogP contribution in [0.1, 0.15) is 36.9 Å². The standard InChI is InChI=1S/C27H34ClFN6O3/c1-38-14-13-35(11-3-2-6-22-21(28)15-18-5-4-10-30-25(18)33-22)12-9-23(27(36)37)34-26-20-8-7-19(29)16-24(20)31-17-32-26/h7-8,15-17,23H,2-6,9-14H2,1H3,(H,30,33)(H,36,37)(H,31,32,34)/t23-/m0/s1. The molecule has 1 aliphatic heterocycles. The summed E-state index contributed by atoms with van der Waals surface area (Å²) in [6, 6.07) is 5.33. The van der Waals surface area contributed by atoms with Crippen molar-refractivity contribution in [3.05, 3.63) is 52.7 Å². The Hall–Kier alpha value is -3.08. The van der Waals surface area contributed by atoms with E-state index in [0.717, 1.165) is 61.7 Å². The quantitative estimate of drug-likeness (QED) is 0.254. The molecule has 9 nitrogen and oxygen atoms in total. The molecule has 4 rings (SSSR count). The molecule has 0 fully saturated rings. The van der Waals surface area contributed by atoms with E-state index in [0.29, 0.717) is 42.8 Å². The highest BCUT2D eigenvalue weighted by Crippen LogP contribution is 2.27. The van der Waals surface area contributed by atoms with Crippen LogP contribution >= 0.6 is 11.6 Å². The van der Waals surface area contributed by atoms with Gasteiger partial charge < -0.3 is 25.4 Å². The number of fused-ring (bicyclic) bond motifs is 2. The van der Waals surface area contributed by atoms with Gasteiger partial charge in [0.15, 0.2) is 0 Å². The van der Waals surface area contributed by atoms with Crippen molar-refractivity contribution in [2.45, 2.75) is 44.6 Å². The average Bonchev–Trinajstić information content (AvgIpc) is 2.91. The minimum absolute atomic E-state index is 0.357. The second kappa shape index (κ2) is 13.6. The molecular weight excluding hydrogens is 511 g/mol. The Labute approximate surface area is 226 Å². The summed E-state index contributed by atoms with van der Waals surface area (Å²) < 4.78 is 18.8. The first-order chi connectivity index (χ1) is 18.4. The lowest BCUT2D eigenvalue weighted by Gasteiger charge is -2.24. The van der Waals surface area contributed by atoms with E-state index in [1.807, 2.05) is 6.07 Å². The number of methoxy groups -OCH3 is 1. The molecule has 3 aromatic rings. The number of ether oxygens (including phenoxy) is 1. The van der Waals surface area contributed by atoms with Crippen molar-refractivity contribution in [1.29, 1.82) is 0 Å². The molecular formula is C27H34ClFN6O3. The summed E-state index contributed by atoms with van der Waals surface area (Å²) >= 11 is 6.49. The second-order valence-electron chi connectivity index (χ2n) is 9.45. The molecule has 2 aromatic heterocycles. The molecule has 38 heavy (non-hydrogen) atoms. The molecule has 0 saturated heterocycles. The number of aromatic nitrogens is 3. The topological polar surface area (TPSA) is 113 Å². The Kier molecular flexibility index (Phi) is 10.0. The number of pyridine rings is 1. The molecule has 0 saturated carbocycles. The number of nitrogens with zero attached hydrogens (tertiary/aromatic N) is 4. The van der Waals surface area contributed by atoms with Crippen LogP contribution in [-0.4, -0.2) is 76.9 Å². The number of hydrogen-bond donors (Lipinski definition) is 3. The Morgan fingerprint density at radius 1 is 1.26 bits per heavy atom. The third-order valence-corrected chi connectivity index (χ3v) is 7.06. The van der Waals surface area contributed by atoms with Gasteiger partial charge in [-0.15, -0.1) is 0 Å². The third kappa shape index (κ3) is 7.49. The van der Waals surface area contributed by atoms with E-state index in [2.05, 4.69) is 25.5 Å². The first-order valence-corrected chi connectivity index (χ1v) is 13.4. The van der Waals surface area contributed by atoms with Gasteiger partial charge in [-0.2, -0.15) is 0 Å². The number of halogens is 2. The van der Waals surface area contributed by atoms with Crippen LogP contribution in [0.25, 0.3) is 10.9 Å². The van der Waals surface area contributed by atoms with Crippen molar-refractivity contribution in [2.75, 3.05) is 50.5 Å². The zero-order valence-electron chi connectivity index (χ0n) is 21.6. The van der Waals surface area contributed by atoms with Gasteiger partial charge in [-0.05, 0) is 68.8 Å². The van der Waals surface area contributed by atoms with Gasteiger partial charge in [-0.3, -0.25) is 0 Å². The lowest BCUT2D eigenvalue weighted by atomic mass is 10.1. The van der Waals surface area contributed by atoms with Crippen molar-refractivity contribution in [3.63, 3.8) is 0 Å². The van der Waals surface area contributed by atoms with Gasteiger partial charge in [0, 0.05) is 38.2 Å². The molecule has 0 aliphatic carbocycles. The summed E-state index contributed by atoms with van der Waals surface area (Å²) in [5.41, 5.74) is 2.51. The van der Waals surface area contributed by atoms with Crippen LogP contribution in [0.5, 0.6) is 0 Å².